The van der Waals surface area contributed by atoms with Gasteiger partial charge in [0.25, 0.3) is 10.0 Å². The van der Waals surface area contributed by atoms with Crippen LogP contribution >= 0.6 is 22.9 Å². The van der Waals surface area contributed by atoms with Gasteiger partial charge >= 0.3 is 6.18 Å². The highest BCUT2D eigenvalue weighted by Gasteiger charge is 2.65. The number of halogens is 4. The summed E-state index contributed by atoms with van der Waals surface area (Å²) in [5.41, 5.74) is -2.23. The van der Waals surface area contributed by atoms with Crippen molar-refractivity contribution >= 4 is 33.0 Å². The van der Waals surface area contributed by atoms with Crippen LogP contribution in [0.1, 0.15) is 18.5 Å². The van der Waals surface area contributed by atoms with Crippen molar-refractivity contribution in [1.29, 1.82) is 0 Å². The third-order valence-corrected chi connectivity index (χ3v) is 6.00. The Labute approximate surface area is 110 Å². The SMILES string of the molecule is Cc1nc(Cl)sc1S(=O)(=O)NC1(C(F)(F)F)CC1. The summed E-state index contributed by atoms with van der Waals surface area (Å²) in [6.45, 7) is 1.38. The number of thiazole rings is 1. The molecule has 1 aromatic rings. The van der Waals surface area contributed by atoms with Gasteiger partial charge in [-0.25, -0.2) is 13.4 Å². The van der Waals surface area contributed by atoms with E-state index in [2.05, 4.69) is 4.98 Å². The minimum atomic E-state index is -4.59. The Bertz CT molecular complexity index is 578. The van der Waals surface area contributed by atoms with Gasteiger partial charge in [-0.05, 0) is 19.8 Å². The van der Waals surface area contributed by atoms with Gasteiger partial charge in [0.2, 0.25) is 0 Å². The molecular formula is C8H8ClF3N2O2S2. The minimum absolute atomic E-state index is 0.0234. The summed E-state index contributed by atoms with van der Waals surface area (Å²) in [4.78, 5) is 3.67. The highest BCUT2D eigenvalue weighted by molar-refractivity contribution is 7.91. The van der Waals surface area contributed by atoms with Crippen molar-refractivity contribution in [2.24, 2.45) is 0 Å². The van der Waals surface area contributed by atoms with E-state index < -0.39 is 21.7 Å². The van der Waals surface area contributed by atoms with Gasteiger partial charge in [-0.1, -0.05) is 22.9 Å². The molecule has 1 aliphatic carbocycles. The fourth-order valence-corrected chi connectivity index (χ4v) is 4.66. The Balaban J connectivity index is 2.32. The molecule has 1 fully saturated rings. The van der Waals surface area contributed by atoms with Gasteiger partial charge in [0.15, 0.2) is 8.68 Å². The largest absolute Gasteiger partial charge is 0.407 e. The number of sulfonamides is 1. The van der Waals surface area contributed by atoms with Gasteiger partial charge in [0.05, 0.1) is 5.69 Å². The lowest BCUT2D eigenvalue weighted by atomic mass is 10.3. The number of hydrogen-bond donors (Lipinski definition) is 1. The first-order chi connectivity index (χ1) is 8.07. The number of alkyl halides is 3. The Morgan fingerprint density at radius 3 is 2.33 bits per heavy atom. The van der Waals surface area contributed by atoms with Crippen LogP contribution in [0.3, 0.4) is 0 Å². The summed E-state index contributed by atoms with van der Waals surface area (Å²) in [5, 5.41) is 0. The standard InChI is InChI=1S/C8H8ClF3N2O2S2/c1-4-5(17-6(9)13-4)18(15,16)14-7(2-3-7)8(10,11)12/h14H,2-3H2,1H3. The maximum Gasteiger partial charge on any atom is 0.407 e. The Morgan fingerprint density at radius 1 is 1.44 bits per heavy atom. The number of hydrogen-bond acceptors (Lipinski definition) is 4. The molecule has 18 heavy (non-hydrogen) atoms. The summed E-state index contributed by atoms with van der Waals surface area (Å²) < 4.78 is 63.2. The number of nitrogens with zero attached hydrogens (tertiary/aromatic N) is 1. The first-order valence-electron chi connectivity index (χ1n) is 4.81. The van der Waals surface area contributed by atoms with Crippen LogP contribution in [-0.4, -0.2) is 25.1 Å². The Morgan fingerprint density at radius 2 is 2.00 bits per heavy atom. The van der Waals surface area contributed by atoms with Crippen LogP contribution < -0.4 is 4.72 Å². The molecule has 1 N–H and O–H groups in total. The topological polar surface area (TPSA) is 59.1 Å². The second-order valence-electron chi connectivity index (χ2n) is 4.03. The van der Waals surface area contributed by atoms with Crippen molar-refractivity contribution in [1.82, 2.24) is 9.71 Å². The van der Waals surface area contributed by atoms with E-state index in [9.17, 15) is 21.6 Å². The zero-order chi connectivity index (χ0) is 13.8. The minimum Gasteiger partial charge on any atom is -0.229 e. The van der Waals surface area contributed by atoms with Crippen LogP contribution in [0.4, 0.5) is 13.2 Å². The third-order valence-electron chi connectivity index (χ3n) is 2.59. The van der Waals surface area contributed by atoms with E-state index in [-0.39, 0.29) is 27.2 Å². The number of rotatable bonds is 3. The lowest BCUT2D eigenvalue weighted by Crippen LogP contribution is -2.47. The van der Waals surface area contributed by atoms with Crippen molar-refractivity contribution in [3.63, 3.8) is 0 Å². The average Bonchev–Trinajstić information content (AvgIpc) is 2.85. The Hall–Kier alpha value is -0.380. The van der Waals surface area contributed by atoms with Crippen LogP contribution in [0.15, 0.2) is 4.21 Å². The average molecular weight is 321 g/mol. The van der Waals surface area contributed by atoms with E-state index in [1.807, 2.05) is 0 Å². The maximum atomic E-state index is 12.7. The molecule has 1 aliphatic rings. The molecule has 0 unspecified atom stereocenters. The van der Waals surface area contributed by atoms with Gasteiger partial charge in [0.1, 0.15) is 5.54 Å². The lowest BCUT2D eigenvalue weighted by molar-refractivity contribution is -0.160. The molecule has 10 heteroatoms. The van der Waals surface area contributed by atoms with Gasteiger partial charge in [-0.3, -0.25) is 0 Å². The summed E-state index contributed by atoms with van der Waals surface area (Å²) in [6.07, 6.45) is -5.09. The van der Waals surface area contributed by atoms with Gasteiger partial charge in [-0.2, -0.15) is 17.9 Å². The molecule has 2 rings (SSSR count). The second-order valence-corrected chi connectivity index (χ2v) is 7.48. The smallest absolute Gasteiger partial charge is 0.229 e. The molecule has 1 heterocycles. The zero-order valence-corrected chi connectivity index (χ0v) is 11.4. The van der Waals surface area contributed by atoms with Crippen LogP contribution in [0.5, 0.6) is 0 Å². The van der Waals surface area contributed by atoms with Crippen LogP contribution in [0, 0.1) is 6.92 Å². The molecule has 0 atom stereocenters. The van der Waals surface area contributed by atoms with Crippen molar-refractivity contribution in [2.45, 2.75) is 35.7 Å². The molecule has 0 spiro atoms. The summed E-state index contributed by atoms with van der Waals surface area (Å²) >= 11 is 6.18. The van der Waals surface area contributed by atoms with Gasteiger partial charge in [0, 0.05) is 0 Å². The van der Waals surface area contributed by atoms with Crippen LogP contribution in [-0.2, 0) is 10.0 Å². The number of nitrogens with one attached hydrogen (secondary N) is 1. The van der Waals surface area contributed by atoms with Crippen molar-refractivity contribution in [2.75, 3.05) is 0 Å². The molecule has 0 amide bonds. The molecule has 1 saturated carbocycles. The molecule has 0 saturated heterocycles. The van der Waals surface area contributed by atoms with Crippen LogP contribution in [0.2, 0.25) is 4.47 Å². The maximum absolute atomic E-state index is 12.7. The van der Waals surface area contributed by atoms with Crippen molar-refractivity contribution in [3.8, 4) is 0 Å². The molecular weight excluding hydrogens is 313 g/mol. The highest BCUT2D eigenvalue weighted by Crippen LogP contribution is 2.50. The summed E-state index contributed by atoms with van der Waals surface area (Å²) in [5.74, 6) is 0. The predicted molar refractivity (Wildman–Crippen MR) is 60.2 cm³/mol. The molecule has 4 nitrogen and oxygen atoms in total. The summed E-state index contributed by atoms with van der Waals surface area (Å²) in [7, 11) is -4.25. The number of aromatic nitrogens is 1. The first kappa shape index (κ1) is 14.0. The summed E-state index contributed by atoms with van der Waals surface area (Å²) in [6, 6.07) is 0. The van der Waals surface area contributed by atoms with Crippen LogP contribution in [0.25, 0.3) is 0 Å². The molecule has 1 aromatic heterocycles. The van der Waals surface area contributed by atoms with Crippen molar-refractivity contribution in [3.05, 3.63) is 10.2 Å². The highest BCUT2D eigenvalue weighted by atomic mass is 35.5. The molecule has 0 radical (unpaired) electrons. The van der Waals surface area contributed by atoms with E-state index in [1.165, 1.54) is 6.92 Å². The van der Waals surface area contributed by atoms with E-state index in [0.717, 1.165) is 0 Å². The fourth-order valence-electron chi connectivity index (χ4n) is 1.47. The number of aryl methyl sites for hydroxylation is 1. The quantitative estimate of drug-likeness (QED) is 0.930. The molecule has 102 valence electrons. The van der Waals surface area contributed by atoms with Crippen molar-refractivity contribution < 1.29 is 21.6 Å². The lowest BCUT2D eigenvalue weighted by Gasteiger charge is -2.20. The third kappa shape index (κ3) is 2.36. The second kappa shape index (κ2) is 4.06. The first-order valence-corrected chi connectivity index (χ1v) is 7.49. The normalized spacial score (nSPS) is 18.9. The van der Waals surface area contributed by atoms with E-state index in [0.29, 0.717) is 11.3 Å². The van der Waals surface area contributed by atoms with E-state index >= 15 is 0 Å². The zero-order valence-electron chi connectivity index (χ0n) is 9.01. The van der Waals surface area contributed by atoms with Gasteiger partial charge in [-0.15, -0.1) is 0 Å². The molecule has 0 aliphatic heterocycles. The fraction of sp³-hybridized carbons (Fsp3) is 0.625. The Kier molecular flexibility index (Phi) is 3.16. The molecule has 0 bridgehead atoms. The van der Waals surface area contributed by atoms with Gasteiger partial charge < -0.3 is 0 Å². The molecule has 0 aromatic carbocycles. The predicted octanol–water partition coefficient (Wildman–Crippen LogP) is 2.48. The van der Waals surface area contributed by atoms with E-state index in [1.54, 1.807) is 4.72 Å². The van der Waals surface area contributed by atoms with E-state index in [4.69, 9.17) is 11.6 Å². The monoisotopic (exact) mass is 320 g/mol.